The van der Waals surface area contributed by atoms with Crippen molar-refractivity contribution >= 4 is 5.91 Å². The summed E-state index contributed by atoms with van der Waals surface area (Å²) >= 11 is 0. The second-order valence-corrected chi connectivity index (χ2v) is 9.36. The number of amides is 1. The van der Waals surface area contributed by atoms with Crippen molar-refractivity contribution in [2.45, 2.75) is 68.4 Å². The summed E-state index contributed by atoms with van der Waals surface area (Å²) in [4.78, 5) is 12.7. The monoisotopic (exact) mass is 416 g/mol. The van der Waals surface area contributed by atoms with Crippen molar-refractivity contribution in [3.05, 3.63) is 41.7 Å². The molecule has 0 aromatic heterocycles. The quantitative estimate of drug-likeness (QED) is 0.677. The Balaban J connectivity index is 1.33. The van der Waals surface area contributed by atoms with Crippen molar-refractivity contribution in [3.8, 4) is 5.75 Å². The zero-order valence-corrected chi connectivity index (χ0v) is 17.8. The summed E-state index contributed by atoms with van der Waals surface area (Å²) in [6.07, 6.45) is 8.89. The third-order valence-electron chi connectivity index (χ3n) is 7.74. The molecule has 0 heterocycles. The highest BCUT2D eigenvalue weighted by atomic mass is 19.1. The van der Waals surface area contributed by atoms with Crippen molar-refractivity contribution in [1.29, 1.82) is 0 Å². The van der Waals surface area contributed by atoms with Crippen molar-refractivity contribution in [1.82, 2.24) is 5.32 Å². The van der Waals surface area contributed by atoms with E-state index in [1.54, 1.807) is 7.11 Å². The van der Waals surface area contributed by atoms with Gasteiger partial charge in [0.05, 0.1) is 12.4 Å². The molecule has 0 unspecified atom stereocenters. The van der Waals surface area contributed by atoms with Crippen molar-refractivity contribution in [2.75, 3.05) is 20.3 Å². The number of nitrogens with two attached hydrogens (primary N) is 1. The summed E-state index contributed by atoms with van der Waals surface area (Å²) in [5.74, 6) is 1.07. The predicted molar refractivity (Wildman–Crippen MR) is 114 cm³/mol. The molecule has 0 atom stereocenters. The zero-order chi connectivity index (χ0) is 21.2. The standard InChI is InChI=1S/C24H33FN2O3/c1-29-21-12-18(13-21)22(28)27-24-9-6-23(7-10-24,8-11-24)19-2-4-20(5-3-19)30-16-17(14-25)15-26/h2-5,14,18,21H,6-13,15-16,26H2,1H3,(H,27,28)/b17-14+. The van der Waals surface area contributed by atoms with E-state index in [-0.39, 0.29) is 42.0 Å². The number of rotatable bonds is 8. The lowest BCUT2D eigenvalue weighted by molar-refractivity contribution is -0.136. The van der Waals surface area contributed by atoms with Gasteiger partial charge in [0.25, 0.3) is 0 Å². The first-order valence-electron chi connectivity index (χ1n) is 11.1. The Labute approximate surface area is 178 Å². The van der Waals surface area contributed by atoms with Crippen LogP contribution in [0, 0.1) is 5.92 Å². The van der Waals surface area contributed by atoms with Crippen molar-refractivity contribution in [2.24, 2.45) is 11.7 Å². The van der Waals surface area contributed by atoms with E-state index in [1.807, 2.05) is 12.1 Å². The van der Waals surface area contributed by atoms with Gasteiger partial charge in [0, 0.05) is 30.7 Å². The second kappa shape index (κ2) is 8.67. The van der Waals surface area contributed by atoms with Gasteiger partial charge in [-0.25, -0.2) is 4.39 Å². The Kier molecular flexibility index (Phi) is 6.16. The van der Waals surface area contributed by atoms with Crippen LogP contribution in [-0.2, 0) is 14.9 Å². The average molecular weight is 417 g/mol. The molecular formula is C24H33FN2O3. The number of carbonyl (C=O) groups is 1. The molecule has 4 aliphatic rings. The molecule has 5 rings (SSSR count). The topological polar surface area (TPSA) is 73.6 Å². The third kappa shape index (κ3) is 4.12. The number of hydrogen-bond acceptors (Lipinski definition) is 4. The minimum absolute atomic E-state index is 0.0165. The van der Waals surface area contributed by atoms with Gasteiger partial charge in [0.1, 0.15) is 12.4 Å². The van der Waals surface area contributed by atoms with Gasteiger partial charge in [0.2, 0.25) is 5.91 Å². The SMILES string of the molecule is COC1CC(C(=O)NC23CCC(c4ccc(OC/C(=C/F)CN)cc4)(CC2)CC3)C1. The molecule has 2 bridgehead atoms. The molecule has 4 aliphatic carbocycles. The van der Waals surface area contributed by atoms with Crippen LogP contribution in [0.1, 0.15) is 56.9 Å². The molecule has 164 valence electrons. The Bertz CT molecular complexity index is 762. The lowest BCUT2D eigenvalue weighted by atomic mass is 9.55. The van der Waals surface area contributed by atoms with Gasteiger partial charge in [-0.2, -0.15) is 0 Å². The van der Waals surface area contributed by atoms with Crippen molar-refractivity contribution < 1.29 is 18.7 Å². The molecule has 5 nitrogen and oxygen atoms in total. The van der Waals surface area contributed by atoms with Gasteiger partial charge in [-0.3, -0.25) is 4.79 Å². The summed E-state index contributed by atoms with van der Waals surface area (Å²) in [5, 5.41) is 3.42. The Hall–Kier alpha value is -1.92. The molecule has 30 heavy (non-hydrogen) atoms. The van der Waals surface area contributed by atoms with Crippen LogP contribution < -0.4 is 15.8 Å². The first-order valence-corrected chi connectivity index (χ1v) is 11.1. The van der Waals surface area contributed by atoms with Crippen LogP contribution in [0.3, 0.4) is 0 Å². The highest BCUT2D eigenvalue weighted by Crippen LogP contribution is 2.54. The first kappa shape index (κ1) is 21.3. The van der Waals surface area contributed by atoms with Gasteiger partial charge in [0.15, 0.2) is 0 Å². The summed E-state index contributed by atoms with van der Waals surface area (Å²) in [5.41, 5.74) is 7.44. The number of methoxy groups -OCH3 is 1. The summed E-state index contributed by atoms with van der Waals surface area (Å²) in [6.45, 7) is 0.329. The van der Waals surface area contributed by atoms with E-state index in [2.05, 4.69) is 17.4 Å². The Morgan fingerprint density at radius 2 is 1.80 bits per heavy atom. The maximum Gasteiger partial charge on any atom is 0.223 e. The van der Waals surface area contributed by atoms with E-state index in [4.69, 9.17) is 15.2 Å². The summed E-state index contributed by atoms with van der Waals surface area (Å²) < 4.78 is 23.6. The molecule has 1 aromatic carbocycles. The molecule has 0 aliphatic heterocycles. The molecule has 4 saturated carbocycles. The highest BCUT2D eigenvalue weighted by Gasteiger charge is 2.50. The molecule has 6 heteroatoms. The van der Waals surface area contributed by atoms with Crippen LogP contribution in [-0.4, -0.2) is 37.8 Å². The van der Waals surface area contributed by atoms with E-state index in [1.165, 1.54) is 5.56 Å². The fourth-order valence-electron chi connectivity index (χ4n) is 5.36. The summed E-state index contributed by atoms with van der Waals surface area (Å²) in [7, 11) is 1.72. The average Bonchev–Trinajstić information content (AvgIpc) is 2.75. The minimum atomic E-state index is -0.0165. The van der Waals surface area contributed by atoms with E-state index in [9.17, 15) is 9.18 Å². The number of hydrogen-bond donors (Lipinski definition) is 2. The predicted octanol–water partition coefficient (Wildman–Crippen LogP) is 3.76. The van der Waals surface area contributed by atoms with Gasteiger partial charge in [-0.15, -0.1) is 0 Å². The van der Waals surface area contributed by atoms with Gasteiger partial charge >= 0.3 is 0 Å². The maximum atomic E-state index is 12.7. The smallest absolute Gasteiger partial charge is 0.223 e. The van der Waals surface area contributed by atoms with Crippen LogP contribution in [0.15, 0.2) is 36.2 Å². The molecule has 1 aromatic rings. The van der Waals surface area contributed by atoms with E-state index in [0.717, 1.165) is 57.1 Å². The second-order valence-electron chi connectivity index (χ2n) is 9.36. The number of halogens is 1. The number of nitrogens with one attached hydrogen (secondary N) is 1. The van der Waals surface area contributed by atoms with Crippen LogP contribution in [0.2, 0.25) is 0 Å². The zero-order valence-electron chi connectivity index (χ0n) is 17.8. The minimum Gasteiger partial charge on any atom is -0.489 e. The number of ether oxygens (including phenoxy) is 2. The largest absolute Gasteiger partial charge is 0.489 e. The number of carbonyl (C=O) groups excluding carboxylic acids is 1. The number of fused-ring (bicyclic) bond motifs is 3. The lowest BCUT2D eigenvalue weighted by Gasteiger charge is -2.54. The van der Waals surface area contributed by atoms with E-state index >= 15 is 0 Å². The molecule has 0 radical (unpaired) electrons. The van der Waals surface area contributed by atoms with E-state index in [0.29, 0.717) is 11.9 Å². The molecule has 1 amide bonds. The van der Waals surface area contributed by atoms with Gasteiger partial charge in [-0.05, 0) is 74.5 Å². The molecule has 0 saturated heterocycles. The number of benzene rings is 1. The first-order chi connectivity index (χ1) is 14.5. The molecular weight excluding hydrogens is 383 g/mol. The fourth-order valence-corrected chi connectivity index (χ4v) is 5.36. The fraction of sp³-hybridized carbons (Fsp3) is 0.625. The summed E-state index contributed by atoms with van der Waals surface area (Å²) in [6, 6.07) is 8.23. The normalized spacial score (nSPS) is 33.1. The molecule has 3 N–H and O–H groups in total. The van der Waals surface area contributed by atoms with Crippen molar-refractivity contribution in [3.63, 3.8) is 0 Å². The maximum absolute atomic E-state index is 12.7. The van der Waals surface area contributed by atoms with Crippen LogP contribution in [0.25, 0.3) is 0 Å². The van der Waals surface area contributed by atoms with Crippen LogP contribution in [0.5, 0.6) is 5.75 Å². The van der Waals surface area contributed by atoms with Crippen LogP contribution in [0.4, 0.5) is 4.39 Å². The Morgan fingerprint density at radius 1 is 1.17 bits per heavy atom. The van der Waals surface area contributed by atoms with Gasteiger partial charge in [-0.1, -0.05) is 12.1 Å². The van der Waals surface area contributed by atoms with E-state index < -0.39 is 0 Å². The molecule has 4 fully saturated rings. The van der Waals surface area contributed by atoms with Crippen LogP contribution >= 0.6 is 0 Å². The third-order valence-corrected chi connectivity index (χ3v) is 7.74. The van der Waals surface area contributed by atoms with Gasteiger partial charge < -0.3 is 20.5 Å². The molecule has 0 spiro atoms. The Morgan fingerprint density at radius 3 is 2.33 bits per heavy atom. The lowest BCUT2D eigenvalue weighted by Crippen LogP contribution is -2.59. The highest BCUT2D eigenvalue weighted by molar-refractivity contribution is 5.80.